The second kappa shape index (κ2) is 10.00. The largest absolute Gasteiger partial charge is 0.339 e. The molecule has 8 heteroatoms. The van der Waals surface area contributed by atoms with Gasteiger partial charge in [-0.05, 0) is 19.0 Å². The van der Waals surface area contributed by atoms with Crippen LogP contribution in [0, 0.1) is 0 Å². The standard InChI is InChI=1S/C13H23N5O.2ClH/c1-16(6-3-12-9-15-17(2)10-12)11-13(19)18-7-4-14-5-8-18;;/h9-10,14H,3-8,11H2,1-2H3;2*1H. The van der Waals surface area contributed by atoms with Crippen LogP contribution in [0.3, 0.4) is 0 Å². The van der Waals surface area contributed by atoms with E-state index in [9.17, 15) is 4.79 Å². The van der Waals surface area contributed by atoms with Gasteiger partial charge >= 0.3 is 0 Å². The third-order valence-electron chi connectivity index (χ3n) is 3.42. The van der Waals surface area contributed by atoms with Gasteiger partial charge < -0.3 is 10.2 Å². The zero-order valence-corrected chi connectivity index (χ0v) is 14.3. The number of amides is 1. The maximum absolute atomic E-state index is 12.1. The summed E-state index contributed by atoms with van der Waals surface area (Å²) in [5.41, 5.74) is 1.21. The molecule has 0 aromatic carbocycles. The van der Waals surface area contributed by atoms with E-state index < -0.39 is 0 Å². The van der Waals surface area contributed by atoms with Crippen molar-refractivity contribution in [3.05, 3.63) is 18.0 Å². The summed E-state index contributed by atoms with van der Waals surface area (Å²) in [7, 11) is 3.91. The molecule has 1 aliphatic rings. The van der Waals surface area contributed by atoms with Gasteiger partial charge in [0.15, 0.2) is 0 Å². The van der Waals surface area contributed by atoms with Crippen LogP contribution in [0.25, 0.3) is 0 Å². The van der Waals surface area contributed by atoms with E-state index in [-0.39, 0.29) is 30.7 Å². The number of nitrogens with one attached hydrogen (secondary N) is 1. The minimum absolute atomic E-state index is 0. The van der Waals surface area contributed by atoms with E-state index in [1.807, 2.05) is 31.4 Å². The Hall–Kier alpha value is -0.820. The number of likely N-dealkylation sites (N-methyl/N-ethyl adjacent to an activating group) is 1. The summed E-state index contributed by atoms with van der Waals surface area (Å²) in [4.78, 5) is 16.1. The smallest absolute Gasteiger partial charge is 0.236 e. The summed E-state index contributed by atoms with van der Waals surface area (Å²) in [5, 5.41) is 7.40. The van der Waals surface area contributed by atoms with Gasteiger partial charge in [-0.3, -0.25) is 14.4 Å². The van der Waals surface area contributed by atoms with Crippen LogP contribution >= 0.6 is 24.8 Å². The van der Waals surface area contributed by atoms with Crippen LogP contribution in [0.5, 0.6) is 0 Å². The summed E-state index contributed by atoms with van der Waals surface area (Å²) in [5.74, 6) is 0.232. The highest BCUT2D eigenvalue weighted by Crippen LogP contribution is 2.00. The van der Waals surface area contributed by atoms with Crippen molar-refractivity contribution in [2.75, 3.05) is 46.3 Å². The third-order valence-corrected chi connectivity index (χ3v) is 3.42. The first-order chi connectivity index (χ1) is 9.15. The molecule has 1 amide bonds. The average molecular weight is 338 g/mol. The lowest BCUT2D eigenvalue weighted by Crippen LogP contribution is -2.49. The lowest BCUT2D eigenvalue weighted by Gasteiger charge is -2.29. The first-order valence-electron chi connectivity index (χ1n) is 6.80. The van der Waals surface area contributed by atoms with Gasteiger partial charge in [0.1, 0.15) is 0 Å². The molecule has 0 aliphatic carbocycles. The molecule has 0 spiro atoms. The van der Waals surface area contributed by atoms with Gasteiger partial charge in [-0.1, -0.05) is 0 Å². The molecule has 1 aromatic rings. The van der Waals surface area contributed by atoms with Gasteiger partial charge in [-0.2, -0.15) is 5.10 Å². The zero-order chi connectivity index (χ0) is 13.7. The van der Waals surface area contributed by atoms with Crippen LogP contribution in [0.15, 0.2) is 12.4 Å². The van der Waals surface area contributed by atoms with Crippen molar-refractivity contribution >= 4 is 30.7 Å². The molecule has 1 aromatic heterocycles. The number of aromatic nitrogens is 2. The molecule has 122 valence electrons. The fourth-order valence-corrected chi connectivity index (χ4v) is 2.25. The fourth-order valence-electron chi connectivity index (χ4n) is 2.25. The number of hydrogen-bond acceptors (Lipinski definition) is 4. The molecule has 0 atom stereocenters. The van der Waals surface area contributed by atoms with E-state index in [4.69, 9.17) is 0 Å². The lowest BCUT2D eigenvalue weighted by atomic mass is 10.2. The number of halogens is 2. The van der Waals surface area contributed by atoms with E-state index >= 15 is 0 Å². The molecule has 1 fully saturated rings. The maximum atomic E-state index is 12.1. The second-order valence-corrected chi connectivity index (χ2v) is 5.14. The van der Waals surface area contributed by atoms with Gasteiger partial charge in [0.05, 0.1) is 12.7 Å². The molecular weight excluding hydrogens is 313 g/mol. The van der Waals surface area contributed by atoms with Crippen molar-refractivity contribution in [2.45, 2.75) is 6.42 Å². The Kier molecular flexibility index (Phi) is 9.61. The normalized spacial score (nSPS) is 14.5. The molecule has 2 heterocycles. The van der Waals surface area contributed by atoms with Crippen LogP contribution in [-0.2, 0) is 18.3 Å². The number of carbonyl (C=O) groups excluding carboxylic acids is 1. The first kappa shape index (κ1) is 20.2. The van der Waals surface area contributed by atoms with Crippen LogP contribution in [0.2, 0.25) is 0 Å². The predicted octanol–water partition coefficient (Wildman–Crippen LogP) is 0.170. The van der Waals surface area contributed by atoms with E-state index in [0.717, 1.165) is 39.1 Å². The van der Waals surface area contributed by atoms with Crippen molar-refractivity contribution in [3.8, 4) is 0 Å². The SMILES string of the molecule is CN(CCc1cnn(C)c1)CC(=O)N1CCNCC1.Cl.Cl. The van der Waals surface area contributed by atoms with Gasteiger partial charge in [-0.15, -0.1) is 24.8 Å². The van der Waals surface area contributed by atoms with Gasteiger partial charge in [0.2, 0.25) is 5.91 Å². The quantitative estimate of drug-likeness (QED) is 0.832. The number of hydrogen-bond donors (Lipinski definition) is 1. The third kappa shape index (κ3) is 6.65. The topological polar surface area (TPSA) is 53.4 Å². The Morgan fingerprint density at radius 1 is 1.38 bits per heavy atom. The van der Waals surface area contributed by atoms with Crippen LogP contribution in [0.4, 0.5) is 0 Å². The molecule has 6 nitrogen and oxygen atoms in total. The molecule has 0 radical (unpaired) electrons. The highest BCUT2D eigenvalue weighted by atomic mass is 35.5. The molecule has 0 unspecified atom stereocenters. The molecule has 0 saturated carbocycles. The van der Waals surface area contributed by atoms with Gasteiger partial charge in [0, 0.05) is 46.0 Å². The molecular formula is C13H25Cl2N5O. The van der Waals surface area contributed by atoms with Crippen LogP contribution in [0.1, 0.15) is 5.56 Å². The Bertz CT molecular complexity index is 420. The number of aryl methyl sites for hydroxylation is 1. The maximum Gasteiger partial charge on any atom is 0.236 e. The Balaban J connectivity index is 0.00000200. The fraction of sp³-hybridized carbons (Fsp3) is 0.692. The Morgan fingerprint density at radius 2 is 2.05 bits per heavy atom. The summed E-state index contributed by atoms with van der Waals surface area (Å²) >= 11 is 0. The molecule has 1 saturated heterocycles. The Labute approximate surface area is 138 Å². The zero-order valence-electron chi connectivity index (χ0n) is 12.6. The monoisotopic (exact) mass is 337 g/mol. The summed E-state index contributed by atoms with van der Waals surface area (Å²) in [6.45, 7) is 4.85. The van der Waals surface area contributed by atoms with Crippen LogP contribution < -0.4 is 5.32 Å². The van der Waals surface area contributed by atoms with Crippen LogP contribution in [-0.4, -0.2) is 71.8 Å². The molecule has 2 rings (SSSR count). The minimum atomic E-state index is 0. The highest BCUT2D eigenvalue weighted by Gasteiger charge is 2.17. The first-order valence-corrected chi connectivity index (χ1v) is 6.80. The second-order valence-electron chi connectivity index (χ2n) is 5.14. The Morgan fingerprint density at radius 3 is 2.62 bits per heavy atom. The summed E-state index contributed by atoms with van der Waals surface area (Å²) < 4.78 is 1.81. The number of nitrogens with zero attached hydrogens (tertiary/aromatic N) is 4. The predicted molar refractivity (Wildman–Crippen MR) is 88.4 cm³/mol. The summed E-state index contributed by atoms with van der Waals surface area (Å²) in [6.07, 6.45) is 4.83. The van der Waals surface area contributed by atoms with Crippen molar-refractivity contribution in [2.24, 2.45) is 7.05 Å². The number of rotatable bonds is 5. The lowest BCUT2D eigenvalue weighted by molar-refractivity contribution is -0.132. The molecule has 1 N–H and O–H groups in total. The van der Waals surface area contributed by atoms with Gasteiger partial charge in [-0.25, -0.2) is 0 Å². The van der Waals surface area contributed by atoms with Crippen molar-refractivity contribution in [1.82, 2.24) is 24.9 Å². The van der Waals surface area contributed by atoms with E-state index in [2.05, 4.69) is 15.3 Å². The average Bonchev–Trinajstić information content (AvgIpc) is 2.83. The molecule has 21 heavy (non-hydrogen) atoms. The number of piperazine rings is 1. The molecule has 1 aliphatic heterocycles. The molecule has 0 bridgehead atoms. The van der Waals surface area contributed by atoms with Crippen molar-refractivity contribution in [3.63, 3.8) is 0 Å². The van der Waals surface area contributed by atoms with Gasteiger partial charge in [0.25, 0.3) is 0 Å². The van der Waals surface area contributed by atoms with Crippen molar-refractivity contribution < 1.29 is 4.79 Å². The van der Waals surface area contributed by atoms with E-state index in [1.54, 1.807) is 4.68 Å². The summed E-state index contributed by atoms with van der Waals surface area (Å²) in [6, 6.07) is 0. The van der Waals surface area contributed by atoms with E-state index in [1.165, 1.54) is 5.56 Å². The number of carbonyl (C=O) groups is 1. The minimum Gasteiger partial charge on any atom is -0.339 e. The highest BCUT2D eigenvalue weighted by molar-refractivity contribution is 5.85. The van der Waals surface area contributed by atoms with E-state index in [0.29, 0.717) is 6.54 Å². The van der Waals surface area contributed by atoms with Crippen molar-refractivity contribution in [1.29, 1.82) is 0 Å².